The zero-order valence-corrected chi connectivity index (χ0v) is 13.1. The van der Waals surface area contributed by atoms with Gasteiger partial charge in [-0.3, -0.25) is 5.32 Å². The molecule has 2 N–H and O–H groups in total. The summed E-state index contributed by atoms with van der Waals surface area (Å²) in [6.07, 6.45) is 1.73. The molecule has 0 aliphatic carbocycles. The lowest BCUT2D eigenvalue weighted by Crippen LogP contribution is -2.36. The van der Waals surface area contributed by atoms with E-state index in [1.165, 1.54) is 5.56 Å². The van der Waals surface area contributed by atoms with Crippen molar-refractivity contribution < 1.29 is 14.1 Å². The van der Waals surface area contributed by atoms with E-state index >= 15 is 0 Å². The number of ether oxygens (including phenoxy) is 1. The van der Waals surface area contributed by atoms with E-state index in [9.17, 15) is 4.79 Å². The average molecular weight is 303 g/mol. The maximum absolute atomic E-state index is 11.8. The Bertz CT molecular complexity index is 607. The minimum atomic E-state index is -0.282. The highest BCUT2D eigenvalue weighted by molar-refractivity contribution is 5.88. The zero-order chi connectivity index (χ0) is 15.9. The number of methoxy groups -OCH3 is 1. The molecule has 6 heteroatoms. The summed E-state index contributed by atoms with van der Waals surface area (Å²) in [5.74, 6) is 1.91. The Morgan fingerprint density at radius 1 is 1.36 bits per heavy atom. The molecule has 0 bridgehead atoms. The minimum absolute atomic E-state index is 0.0510. The molecule has 1 aromatic heterocycles. The summed E-state index contributed by atoms with van der Waals surface area (Å²) in [7, 11) is 1.65. The summed E-state index contributed by atoms with van der Waals surface area (Å²) >= 11 is 0. The Hall–Kier alpha value is -2.50. The van der Waals surface area contributed by atoms with E-state index in [1.807, 2.05) is 31.2 Å². The van der Waals surface area contributed by atoms with Gasteiger partial charge in [0.15, 0.2) is 5.82 Å². The Kier molecular flexibility index (Phi) is 5.41. The van der Waals surface area contributed by atoms with Crippen molar-refractivity contribution in [2.24, 2.45) is 0 Å². The number of hydrogen-bond donors (Lipinski definition) is 2. The van der Waals surface area contributed by atoms with Gasteiger partial charge in [-0.2, -0.15) is 0 Å². The first-order valence-corrected chi connectivity index (χ1v) is 7.20. The number of aryl methyl sites for hydroxylation is 2. The van der Waals surface area contributed by atoms with Crippen molar-refractivity contribution >= 4 is 11.8 Å². The first-order valence-electron chi connectivity index (χ1n) is 7.20. The number of nitrogens with one attached hydrogen (secondary N) is 2. The van der Waals surface area contributed by atoms with Crippen molar-refractivity contribution in [2.75, 3.05) is 12.4 Å². The largest absolute Gasteiger partial charge is 0.497 e. The molecule has 0 aliphatic rings. The summed E-state index contributed by atoms with van der Waals surface area (Å²) < 4.78 is 10.0. The maximum atomic E-state index is 11.8. The molecule has 22 heavy (non-hydrogen) atoms. The van der Waals surface area contributed by atoms with Crippen molar-refractivity contribution in [2.45, 2.75) is 32.7 Å². The molecule has 0 saturated heterocycles. The number of aromatic nitrogens is 1. The van der Waals surface area contributed by atoms with Gasteiger partial charge in [-0.15, -0.1) is 0 Å². The smallest absolute Gasteiger partial charge is 0.320 e. The van der Waals surface area contributed by atoms with E-state index in [0.717, 1.165) is 18.6 Å². The van der Waals surface area contributed by atoms with Gasteiger partial charge in [0.25, 0.3) is 0 Å². The highest BCUT2D eigenvalue weighted by Gasteiger charge is 2.09. The predicted molar refractivity (Wildman–Crippen MR) is 84.2 cm³/mol. The van der Waals surface area contributed by atoms with Crippen LogP contribution in [0.2, 0.25) is 0 Å². The predicted octanol–water partition coefficient (Wildman–Crippen LogP) is 3.13. The molecular weight excluding hydrogens is 282 g/mol. The van der Waals surface area contributed by atoms with E-state index in [0.29, 0.717) is 11.6 Å². The zero-order valence-electron chi connectivity index (χ0n) is 13.1. The van der Waals surface area contributed by atoms with Crippen LogP contribution in [0.4, 0.5) is 10.6 Å². The highest BCUT2D eigenvalue weighted by Crippen LogP contribution is 2.13. The molecule has 1 unspecified atom stereocenters. The van der Waals surface area contributed by atoms with Crippen LogP contribution in [-0.4, -0.2) is 24.3 Å². The van der Waals surface area contributed by atoms with Crippen LogP contribution in [0, 0.1) is 6.92 Å². The van der Waals surface area contributed by atoms with E-state index in [1.54, 1.807) is 20.1 Å². The third-order valence-corrected chi connectivity index (χ3v) is 3.27. The van der Waals surface area contributed by atoms with Gasteiger partial charge in [0, 0.05) is 12.1 Å². The fourth-order valence-electron chi connectivity index (χ4n) is 2.05. The molecule has 1 heterocycles. The van der Waals surface area contributed by atoms with Crippen molar-refractivity contribution in [3.63, 3.8) is 0 Å². The second-order valence-electron chi connectivity index (χ2n) is 5.21. The topological polar surface area (TPSA) is 76.4 Å². The van der Waals surface area contributed by atoms with Gasteiger partial charge in [0.05, 0.1) is 7.11 Å². The van der Waals surface area contributed by atoms with Crippen LogP contribution in [0.3, 0.4) is 0 Å². The number of rotatable bonds is 6. The summed E-state index contributed by atoms with van der Waals surface area (Å²) in [6, 6.07) is 9.38. The van der Waals surface area contributed by atoms with Gasteiger partial charge in [-0.1, -0.05) is 17.3 Å². The van der Waals surface area contributed by atoms with Crippen molar-refractivity contribution in [1.29, 1.82) is 0 Å². The second kappa shape index (κ2) is 7.49. The molecule has 2 rings (SSSR count). The fourth-order valence-corrected chi connectivity index (χ4v) is 2.05. The molecule has 1 atom stereocenters. The summed E-state index contributed by atoms with van der Waals surface area (Å²) in [5.41, 5.74) is 1.21. The second-order valence-corrected chi connectivity index (χ2v) is 5.21. The van der Waals surface area contributed by atoms with Crippen LogP contribution in [-0.2, 0) is 6.42 Å². The van der Waals surface area contributed by atoms with Crippen molar-refractivity contribution in [3.05, 3.63) is 41.7 Å². The molecule has 1 aromatic carbocycles. The molecule has 0 aliphatic heterocycles. The normalized spacial score (nSPS) is 11.8. The Balaban J connectivity index is 1.74. The number of hydrogen-bond acceptors (Lipinski definition) is 4. The third kappa shape index (κ3) is 4.80. The number of amides is 2. The van der Waals surface area contributed by atoms with Gasteiger partial charge in [-0.25, -0.2) is 4.79 Å². The third-order valence-electron chi connectivity index (χ3n) is 3.27. The quantitative estimate of drug-likeness (QED) is 0.859. The Morgan fingerprint density at radius 3 is 2.68 bits per heavy atom. The standard InChI is InChI=1S/C16H21N3O3/c1-11(4-5-13-6-8-14(21-3)9-7-13)17-16(20)18-15-10-12(2)22-19-15/h6-11H,4-5H2,1-3H3,(H2,17,18,19,20). The molecule has 0 spiro atoms. The highest BCUT2D eigenvalue weighted by atomic mass is 16.5. The first kappa shape index (κ1) is 15.9. The minimum Gasteiger partial charge on any atom is -0.497 e. The average Bonchev–Trinajstić information content (AvgIpc) is 2.90. The maximum Gasteiger partial charge on any atom is 0.320 e. The molecule has 0 fully saturated rings. The van der Waals surface area contributed by atoms with E-state index in [-0.39, 0.29) is 12.1 Å². The Labute approximate surface area is 129 Å². The van der Waals surface area contributed by atoms with Crippen molar-refractivity contribution in [1.82, 2.24) is 10.5 Å². The van der Waals surface area contributed by atoms with Crippen molar-refractivity contribution in [3.8, 4) is 5.75 Å². The van der Waals surface area contributed by atoms with Gasteiger partial charge in [0.2, 0.25) is 0 Å². The van der Waals surface area contributed by atoms with Crippen LogP contribution >= 0.6 is 0 Å². The molecule has 2 amide bonds. The van der Waals surface area contributed by atoms with Gasteiger partial charge < -0.3 is 14.6 Å². The number of carbonyl (C=O) groups excluding carboxylic acids is 1. The number of anilines is 1. The molecule has 0 radical (unpaired) electrons. The van der Waals surface area contributed by atoms with Gasteiger partial charge >= 0.3 is 6.03 Å². The number of benzene rings is 1. The molecule has 6 nitrogen and oxygen atoms in total. The molecule has 118 valence electrons. The lowest BCUT2D eigenvalue weighted by Gasteiger charge is -2.13. The van der Waals surface area contributed by atoms with Crippen LogP contribution in [0.15, 0.2) is 34.9 Å². The van der Waals surface area contributed by atoms with Gasteiger partial charge in [0.1, 0.15) is 11.5 Å². The van der Waals surface area contributed by atoms with Crippen LogP contribution in [0.5, 0.6) is 5.75 Å². The number of carbonyl (C=O) groups is 1. The summed E-state index contributed by atoms with van der Waals surface area (Å²) in [6.45, 7) is 3.74. The van der Waals surface area contributed by atoms with Crippen LogP contribution < -0.4 is 15.4 Å². The fraction of sp³-hybridized carbons (Fsp3) is 0.375. The number of nitrogens with zero attached hydrogens (tertiary/aromatic N) is 1. The molecular formula is C16H21N3O3. The lowest BCUT2D eigenvalue weighted by atomic mass is 10.1. The first-order chi connectivity index (χ1) is 10.6. The Morgan fingerprint density at radius 2 is 2.09 bits per heavy atom. The van der Waals surface area contributed by atoms with E-state index < -0.39 is 0 Å². The molecule has 2 aromatic rings. The van der Waals surface area contributed by atoms with Gasteiger partial charge in [-0.05, 0) is 44.4 Å². The monoisotopic (exact) mass is 303 g/mol. The van der Waals surface area contributed by atoms with E-state index in [2.05, 4.69) is 15.8 Å². The van der Waals surface area contributed by atoms with Crippen LogP contribution in [0.25, 0.3) is 0 Å². The van der Waals surface area contributed by atoms with E-state index in [4.69, 9.17) is 9.26 Å². The molecule has 0 saturated carbocycles. The summed E-state index contributed by atoms with van der Waals surface area (Å²) in [4.78, 5) is 11.8. The lowest BCUT2D eigenvalue weighted by molar-refractivity contribution is 0.248. The SMILES string of the molecule is COc1ccc(CCC(C)NC(=O)Nc2cc(C)on2)cc1. The van der Waals surface area contributed by atoms with Crippen LogP contribution in [0.1, 0.15) is 24.7 Å². The number of urea groups is 1. The summed E-state index contributed by atoms with van der Waals surface area (Å²) in [5, 5.41) is 9.22.